The monoisotopic (exact) mass is 146 g/mol. The predicted molar refractivity (Wildman–Crippen MR) is 47.9 cm³/mol. The van der Waals surface area contributed by atoms with Crippen LogP contribution >= 0.6 is 0 Å². The second kappa shape index (κ2) is 11.7. The number of unbranched alkanes of at least 4 members (excludes halogenated alkanes) is 1. The molecular weight excluding hydrogens is 124 g/mol. The van der Waals surface area contributed by atoms with Crippen LogP contribution in [0.25, 0.3) is 0 Å². The lowest BCUT2D eigenvalue weighted by atomic mass is 10.1. The lowest BCUT2D eigenvalue weighted by Crippen LogP contribution is -2.14. The van der Waals surface area contributed by atoms with Gasteiger partial charge in [0.25, 0.3) is 0 Å². The van der Waals surface area contributed by atoms with Crippen molar-refractivity contribution in [3.63, 3.8) is 0 Å². The van der Waals surface area contributed by atoms with E-state index >= 15 is 0 Å². The summed E-state index contributed by atoms with van der Waals surface area (Å²) in [6.07, 6.45) is 3.40. The van der Waals surface area contributed by atoms with Crippen LogP contribution in [0.5, 0.6) is 0 Å². The van der Waals surface area contributed by atoms with Crippen LogP contribution < -0.4 is 11.5 Å². The number of nitrogens with two attached hydrogens (primary N) is 2. The second-order valence-corrected chi connectivity index (χ2v) is 2.26. The van der Waals surface area contributed by atoms with E-state index < -0.39 is 0 Å². The third-order valence-electron chi connectivity index (χ3n) is 1.11. The highest BCUT2D eigenvalue weighted by Crippen LogP contribution is 1.95. The molecule has 4 N–H and O–H groups in total. The van der Waals surface area contributed by atoms with Crippen molar-refractivity contribution in [1.82, 2.24) is 0 Å². The number of rotatable bonds is 4. The van der Waals surface area contributed by atoms with Crippen LogP contribution in [0.15, 0.2) is 0 Å². The first-order chi connectivity index (χ1) is 4.77. The Morgan fingerprint density at radius 3 is 2.00 bits per heavy atom. The SMILES string of the molecule is CC.CC(N)CCCCN. The van der Waals surface area contributed by atoms with Gasteiger partial charge >= 0.3 is 0 Å². The number of hydrogen-bond acceptors (Lipinski definition) is 2. The largest absolute Gasteiger partial charge is 0.330 e. The standard InChI is InChI=1S/C6H16N2.C2H6/c1-6(8)4-2-3-5-7;1-2/h6H,2-5,7-8H2,1H3;1-2H3. The van der Waals surface area contributed by atoms with Gasteiger partial charge < -0.3 is 11.5 Å². The summed E-state index contributed by atoms with van der Waals surface area (Å²) in [7, 11) is 0. The highest BCUT2D eigenvalue weighted by Gasteiger charge is 1.90. The molecule has 64 valence electrons. The van der Waals surface area contributed by atoms with E-state index in [0.29, 0.717) is 6.04 Å². The summed E-state index contributed by atoms with van der Waals surface area (Å²) in [6, 6.07) is 0.349. The van der Waals surface area contributed by atoms with E-state index in [-0.39, 0.29) is 0 Å². The molecular formula is C8H22N2. The predicted octanol–water partition coefficient (Wildman–Crippen LogP) is 1.49. The van der Waals surface area contributed by atoms with Crippen molar-refractivity contribution in [3.8, 4) is 0 Å². The highest BCUT2D eigenvalue weighted by molar-refractivity contribution is 4.52. The molecule has 0 saturated carbocycles. The number of hydrogen-bond donors (Lipinski definition) is 2. The zero-order valence-corrected chi connectivity index (χ0v) is 7.56. The minimum Gasteiger partial charge on any atom is -0.330 e. The van der Waals surface area contributed by atoms with Crippen molar-refractivity contribution in [1.29, 1.82) is 0 Å². The molecule has 0 amide bonds. The smallest absolute Gasteiger partial charge is 0.00104 e. The van der Waals surface area contributed by atoms with Crippen molar-refractivity contribution in [2.75, 3.05) is 6.54 Å². The summed E-state index contributed by atoms with van der Waals surface area (Å²) < 4.78 is 0. The Bertz CT molecular complexity index is 44.5. The molecule has 2 heteroatoms. The molecule has 0 fully saturated rings. The Labute approximate surface area is 65.0 Å². The lowest BCUT2D eigenvalue weighted by Gasteiger charge is -2.01. The summed E-state index contributed by atoms with van der Waals surface area (Å²) in [5.74, 6) is 0. The molecule has 0 spiro atoms. The van der Waals surface area contributed by atoms with Crippen LogP contribution in [0, 0.1) is 0 Å². The van der Waals surface area contributed by atoms with Gasteiger partial charge in [0, 0.05) is 6.04 Å². The first kappa shape index (κ1) is 12.6. The van der Waals surface area contributed by atoms with Gasteiger partial charge in [0.05, 0.1) is 0 Å². The van der Waals surface area contributed by atoms with E-state index in [4.69, 9.17) is 11.5 Å². The van der Waals surface area contributed by atoms with Crippen LogP contribution in [0.1, 0.15) is 40.0 Å². The molecule has 0 aliphatic rings. The molecule has 0 heterocycles. The fourth-order valence-corrected chi connectivity index (χ4v) is 0.611. The van der Waals surface area contributed by atoms with E-state index in [0.717, 1.165) is 19.4 Å². The molecule has 10 heavy (non-hydrogen) atoms. The van der Waals surface area contributed by atoms with E-state index in [1.807, 2.05) is 20.8 Å². The Morgan fingerprint density at radius 1 is 1.20 bits per heavy atom. The zero-order valence-electron chi connectivity index (χ0n) is 7.56. The molecule has 0 saturated heterocycles. The Kier molecular flexibility index (Phi) is 14.7. The van der Waals surface area contributed by atoms with Crippen LogP contribution in [-0.4, -0.2) is 12.6 Å². The minimum absolute atomic E-state index is 0.349. The topological polar surface area (TPSA) is 52.0 Å². The third kappa shape index (κ3) is 15.7. The molecule has 2 nitrogen and oxygen atoms in total. The van der Waals surface area contributed by atoms with Gasteiger partial charge in [-0.3, -0.25) is 0 Å². The van der Waals surface area contributed by atoms with E-state index in [2.05, 4.69) is 0 Å². The average molecular weight is 146 g/mol. The first-order valence-corrected chi connectivity index (χ1v) is 4.23. The Balaban J connectivity index is 0. The summed E-state index contributed by atoms with van der Waals surface area (Å²) in [4.78, 5) is 0. The van der Waals surface area contributed by atoms with Gasteiger partial charge in [-0.15, -0.1) is 0 Å². The summed E-state index contributed by atoms with van der Waals surface area (Å²) in [5.41, 5.74) is 10.8. The average Bonchev–Trinajstić information content (AvgIpc) is 1.92. The van der Waals surface area contributed by atoms with Gasteiger partial charge in [-0.2, -0.15) is 0 Å². The van der Waals surface area contributed by atoms with Gasteiger partial charge in [-0.1, -0.05) is 20.3 Å². The normalized spacial score (nSPS) is 11.7. The van der Waals surface area contributed by atoms with Gasteiger partial charge in [-0.05, 0) is 26.3 Å². The molecule has 1 unspecified atom stereocenters. The maximum atomic E-state index is 5.49. The molecule has 1 atom stereocenters. The van der Waals surface area contributed by atoms with E-state index in [1.165, 1.54) is 6.42 Å². The summed E-state index contributed by atoms with van der Waals surface area (Å²) in [6.45, 7) is 6.82. The van der Waals surface area contributed by atoms with Crippen molar-refractivity contribution in [2.24, 2.45) is 11.5 Å². The van der Waals surface area contributed by atoms with E-state index in [1.54, 1.807) is 0 Å². The fraction of sp³-hybridized carbons (Fsp3) is 1.00. The van der Waals surface area contributed by atoms with Gasteiger partial charge in [0.2, 0.25) is 0 Å². The van der Waals surface area contributed by atoms with Crippen LogP contribution in [0.3, 0.4) is 0 Å². The lowest BCUT2D eigenvalue weighted by molar-refractivity contribution is 0.602. The first-order valence-electron chi connectivity index (χ1n) is 4.23. The van der Waals surface area contributed by atoms with Gasteiger partial charge in [0.1, 0.15) is 0 Å². The zero-order chi connectivity index (χ0) is 8.41. The highest BCUT2D eigenvalue weighted by atomic mass is 14.6. The molecule has 0 rings (SSSR count). The Morgan fingerprint density at radius 2 is 1.70 bits per heavy atom. The minimum atomic E-state index is 0.349. The molecule has 0 aromatic heterocycles. The fourth-order valence-electron chi connectivity index (χ4n) is 0.611. The molecule has 0 aliphatic carbocycles. The maximum absolute atomic E-state index is 5.49. The van der Waals surface area contributed by atoms with Crippen molar-refractivity contribution in [3.05, 3.63) is 0 Å². The molecule has 0 bridgehead atoms. The van der Waals surface area contributed by atoms with Crippen molar-refractivity contribution >= 4 is 0 Å². The molecule has 0 aromatic rings. The van der Waals surface area contributed by atoms with Crippen LogP contribution in [0.2, 0.25) is 0 Å². The summed E-state index contributed by atoms with van der Waals surface area (Å²) >= 11 is 0. The van der Waals surface area contributed by atoms with Gasteiger partial charge in [0.15, 0.2) is 0 Å². The molecule has 0 radical (unpaired) electrons. The van der Waals surface area contributed by atoms with Crippen molar-refractivity contribution in [2.45, 2.75) is 46.1 Å². The van der Waals surface area contributed by atoms with Crippen molar-refractivity contribution < 1.29 is 0 Å². The maximum Gasteiger partial charge on any atom is 0.00104 e. The van der Waals surface area contributed by atoms with E-state index in [9.17, 15) is 0 Å². The van der Waals surface area contributed by atoms with Gasteiger partial charge in [-0.25, -0.2) is 0 Å². The van der Waals surface area contributed by atoms with Crippen LogP contribution in [-0.2, 0) is 0 Å². The third-order valence-corrected chi connectivity index (χ3v) is 1.11. The Hall–Kier alpha value is -0.0800. The second-order valence-electron chi connectivity index (χ2n) is 2.26. The quantitative estimate of drug-likeness (QED) is 0.590. The van der Waals surface area contributed by atoms with Crippen LogP contribution in [0.4, 0.5) is 0 Å². The summed E-state index contributed by atoms with van der Waals surface area (Å²) in [5, 5.41) is 0. The molecule has 0 aromatic carbocycles. The molecule has 0 aliphatic heterocycles.